The predicted octanol–water partition coefficient (Wildman–Crippen LogP) is 2.55. The van der Waals surface area contributed by atoms with Gasteiger partial charge in [0.2, 0.25) is 0 Å². The highest BCUT2D eigenvalue weighted by Crippen LogP contribution is 2.21. The van der Waals surface area contributed by atoms with Gasteiger partial charge in [-0.1, -0.05) is 40.0 Å². The van der Waals surface area contributed by atoms with Crippen LogP contribution in [0.15, 0.2) is 4.99 Å². The quantitative estimate of drug-likeness (QED) is 0.609. The van der Waals surface area contributed by atoms with Gasteiger partial charge in [0.25, 0.3) is 0 Å². The number of nitrogens with zero attached hydrogens (tertiary/aromatic N) is 1. The molecule has 1 rings (SSSR count). The van der Waals surface area contributed by atoms with E-state index in [0.29, 0.717) is 6.04 Å². The van der Waals surface area contributed by atoms with Gasteiger partial charge in [-0.25, -0.2) is 0 Å². The molecule has 1 aliphatic rings. The number of hydrogen-bond acceptors (Lipinski definition) is 2. The Labute approximate surface area is 118 Å². The number of hydrogen-bond donors (Lipinski definition) is 2. The van der Waals surface area contributed by atoms with Crippen molar-refractivity contribution >= 4 is 5.96 Å². The second-order valence-corrected chi connectivity index (χ2v) is 6.52. The van der Waals surface area contributed by atoms with Crippen LogP contribution in [-0.4, -0.2) is 38.8 Å². The van der Waals surface area contributed by atoms with Gasteiger partial charge in [0.15, 0.2) is 5.96 Å². The molecule has 0 radical (unpaired) electrons. The van der Waals surface area contributed by atoms with E-state index in [1.165, 1.54) is 32.1 Å². The van der Waals surface area contributed by atoms with E-state index >= 15 is 0 Å². The van der Waals surface area contributed by atoms with Crippen LogP contribution < -0.4 is 10.6 Å². The Morgan fingerprint density at radius 1 is 1.26 bits per heavy atom. The van der Waals surface area contributed by atoms with Crippen LogP contribution in [0.5, 0.6) is 0 Å². The van der Waals surface area contributed by atoms with Crippen LogP contribution in [0.2, 0.25) is 0 Å². The highest BCUT2D eigenvalue weighted by atomic mass is 16.5. The van der Waals surface area contributed by atoms with Crippen LogP contribution in [0.4, 0.5) is 0 Å². The lowest BCUT2D eigenvalue weighted by atomic mass is 9.89. The summed E-state index contributed by atoms with van der Waals surface area (Å²) in [6.07, 6.45) is 6.73. The van der Waals surface area contributed by atoms with Crippen LogP contribution in [0.1, 0.15) is 52.9 Å². The van der Waals surface area contributed by atoms with E-state index in [9.17, 15) is 0 Å². The van der Waals surface area contributed by atoms with Crippen LogP contribution in [0.3, 0.4) is 0 Å². The number of guanidine groups is 1. The van der Waals surface area contributed by atoms with E-state index in [1.807, 2.05) is 7.05 Å². The lowest BCUT2D eigenvalue weighted by Gasteiger charge is -2.31. The molecule has 0 aliphatic heterocycles. The Kier molecular flexibility index (Phi) is 6.63. The van der Waals surface area contributed by atoms with Crippen molar-refractivity contribution in [3.63, 3.8) is 0 Å². The number of methoxy groups -OCH3 is 1. The molecule has 0 aromatic carbocycles. The summed E-state index contributed by atoms with van der Waals surface area (Å²) in [5, 5.41) is 6.91. The predicted molar refractivity (Wildman–Crippen MR) is 81.6 cm³/mol. The van der Waals surface area contributed by atoms with E-state index in [1.54, 1.807) is 7.11 Å². The van der Waals surface area contributed by atoms with Crippen LogP contribution in [0.25, 0.3) is 0 Å². The van der Waals surface area contributed by atoms with Crippen molar-refractivity contribution in [1.82, 2.24) is 10.6 Å². The van der Waals surface area contributed by atoms with Crippen LogP contribution in [0, 0.1) is 5.41 Å². The summed E-state index contributed by atoms with van der Waals surface area (Å²) in [5.41, 5.74) is 0.130. The van der Waals surface area contributed by atoms with Crippen molar-refractivity contribution in [1.29, 1.82) is 0 Å². The Bertz CT molecular complexity index is 278. The van der Waals surface area contributed by atoms with Crippen molar-refractivity contribution in [2.45, 2.75) is 65.0 Å². The molecule has 1 atom stereocenters. The first-order chi connectivity index (χ1) is 8.97. The first-order valence-corrected chi connectivity index (χ1v) is 7.47. The minimum Gasteiger partial charge on any atom is -0.379 e. The van der Waals surface area contributed by atoms with Crippen molar-refractivity contribution in [3.8, 4) is 0 Å². The molecule has 0 heterocycles. The summed E-state index contributed by atoms with van der Waals surface area (Å²) in [5.74, 6) is 0.901. The molecule has 4 nitrogen and oxygen atoms in total. The standard InChI is InChI=1S/C15H31N3O/c1-15(2,3)13(19-5)11-17-14(16-4)18-12-9-7-6-8-10-12/h12-13H,6-11H2,1-5H3,(H2,16,17,18). The summed E-state index contributed by atoms with van der Waals surface area (Å²) >= 11 is 0. The number of aliphatic imine (C=N–C) groups is 1. The minimum atomic E-state index is 0.130. The van der Waals surface area contributed by atoms with Gasteiger partial charge in [0, 0.05) is 26.7 Å². The summed E-state index contributed by atoms with van der Waals surface area (Å²) in [4.78, 5) is 4.31. The minimum absolute atomic E-state index is 0.130. The van der Waals surface area contributed by atoms with E-state index in [0.717, 1.165) is 12.5 Å². The average Bonchev–Trinajstić information content (AvgIpc) is 2.37. The normalized spacial score (nSPS) is 20.2. The Hall–Kier alpha value is -0.770. The molecule has 0 aromatic rings. The van der Waals surface area contributed by atoms with E-state index in [4.69, 9.17) is 4.74 Å². The van der Waals surface area contributed by atoms with Gasteiger partial charge in [0.1, 0.15) is 0 Å². The number of ether oxygens (including phenoxy) is 1. The zero-order valence-corrected chi connectivity index (χ0v) is 13.3. The molecular weight excluding hydrogens is 238 g/mol. The molecule has 1 fully saturated rings. The molecule has 2 N–H and O–H groups in total. The zero-order valence-electron chi connectivity index (χ0n) is 13.3. The molecule has 0 amide bonds. The van der Waals surface area contributed by atoms with E-state index in [-0.39, 0.29) is 11.5 Å². The second kappa shape index (κ2) is 7.73. The largest absolute Gasteiger partial charge is 0.379 e. The van der Waals surface area contributed by atoms with Gasteiger partial charge >= 0.3 is 0 Å². The third-order valence-corrected chi connectivity index (χ3v) is 3.87. The fraction of sp³-hybridized carbons (Fsp3) is 0.933. The summed E-state index contributed by atoms with van der Waals surface area (Å²) < 4.78 is 5.55. The maximum atomic E-state index is 5.55. The van der Waals surface area contributed by atoms with Crippen LogP contribution in [-0.2, 0) is 4.74 Å². The van der Waals surface area contributed by atoms with Crippen LogP contribution >= 0.6 is 0 Å². The Morgan fingerprint density at radius 3 is 2.37 bits per heavy atom. The van der Waals surface area contributed by atoms with Gasteiger partial charge in [-0.3, -0.25) is 4.99 Å². The van der Waals surface area contributed by atoms with Crippen molar-refractivity contribution in [2.75, 3.05) is 20.7 Å². The monoisotopic (exact) mass is 269 g/mol. The first kappa shape index (κ1) is 16.3. The molecule has 0 aromatic heterocycles. The first-order valence-electron chi connectivity index (χ1n) is 7.47. The van der Waals surface area contributed by atoms with Gasteiger partial charge in [-0.2, -0.15) is 0 Å². The number of nitrogens with one attached hydrogen (secondary N) is 2. The molecular formula is C15H31N3O. The van der Waals surface area contributed by atoms with Gasteiger partial charge in [-0.05, 0) is 18.3 Å². The molecule has 0 saturated heterocycles. The second-order valence-electron chi connectivity index (χ2n) is 6.52. The summed E-state index contributed by atoms with van der Waals surface area (Å²) in [7, 11) is 3.60. The molecule has 1 unspecified atom stereocenters. The SMILES string of the molecule is CN=C(NCC(OC)C(C)(C)C)NC1CCCCC1. The highest BCUT2D eigenvalue weighted by Gasteiger charge is 2.24. The molecule has 19 heavy (non-hydrogen) atoms. The zero-order chi connectivity index (χ0) is 14.3. The summed E-state index contributed by atoms with van der Waals surface area (Å²) in [6, 6.07) is 0.579. The van der Waals surface area contributed by atoms with Gasteiger partial charge in [-0.15, -0.1) is 0 Å². The fourth-order valence-electron chi connectivity index (χ4n) is 2.57. The number of rotatable bonds is 4. The van der Waals surface area contributed by atoms with E-state index < -0.39 is 0 Å². The lowest BCUT2D eigenvalue weighted by molar-refractivity contribution is 0.0205. The molecule has 1 saturated carbocycles. The molecule has 112 valence electrons. The van der Waals surface area contributed by atoms with Gasteiger partial charge in [0.05, 0.1) is 6.10 Å². The Balaban J connectivity index is 2.39. The maximum absolute atomic E-state index is 5.55. The Morgan fingerprint density at radius 2 is 1.89 bits per heavy atom. The smallest absolute Gasteiger partial charge is 0.191 e. The third kappa shape index (κ3) is 5.81. The molecule has 0 bridgehead atoms. The fourth-order valence-corrected chi connectivity index (χ4v) is 2.57. The highest BCUT2D eigenvalue weighted by molar-refractivity contribution is 5.80. The maximum Gasteiger partial charge on any atom is 0.191 e. The topological polar surface area (TPSA) is 45.7 Å². The van der Waals surface area contributed by atoms with Gasteiger partial charge < -0.3 is 15.4 Å². The van der Waals surface area contributed by atoms with Crippen molar-refractivity contribution in [2.24, 2.45) is 10.4 Å². The molecule has 1 aliphatic carbocycles. The van der Waals surface area contributed by atoms with E-state index in [2.05, 4.69) is 36.4 Å². The molecule has 4 heteroatoms. The third-order valence-electron chi connectivity index (χ3n) is 3.87. The van der Waals surface area contributed by atoms with Crippen molar-refractivity contribution < 1.29 is 4.74 Å². The van der Waals surface area contributed by atoms with Crippen molar-refractivity contribution in [3.05, 3.63) is 0 Å². The summed E-state index contributed by atoms with van der Waals surface area (Å²) in [6.45, 7) is 7.37. The molecule has 0 spiro atoms. The average molecular weight is 269 g/mol. The lowest BCUT2D eigenvalue weighted by Crippen LogP contribution is -2.48.